The summed E-state index contributed by atoms with van der Waals surface area (Å²) in [6.45, 7) is 4.30. The number of aromatic nitrogens is 2. The summed E-state index contributed by atoms with van der Waals surface area (Å²) in [4.78, 5) is 4.57. The summed E-state index contributed by atoms with van der Waals surface area (Å²) in [5, 5.41) is 3.54. The van der Waals surface area contributed by atoms with Crippen molar-refractivity contribution in [2.45, 2.75) is 32.4 Å². The fraction of sp³-hybridized carbons (Fsp3) is 0.462. The number of nitrogens with zero attached hydrogens (tertiary/aromatic N) is 2. The van der Waals surface area contributed by atoms with E-state index in [0.717, 1.165) is 23.3 Å². The molecule has 3 rings (SSSR count). The predicted molar refractivity (Wildman–Crippen MR) is 73.2 cm³/mol. The third-order valence-electron chi connectivity index (χ3n) is 3.49. The number of imidazole rings is 1. The van der Waals surface area contributed by atoms with Crippen molar-refractivity contribution in [2.24, 2.45) is 0 Å². The third-order valence-corrected chi connectivity index (χ3v) is 4.09. The highest BCUT2D eigenvalue weighted by Crippen LogP contribution is 2.24. The van der Waals surface area contributed by atoms with Crippen LogP contribution in [0.4, 0.5) is 0 Å². The molecule has 1 aliphatic rings. The number of rotatable bonds is 2. The fourth-order valence-corrected chi connectivity index (χ4v) is 3.15. The number of benzene rings is 1. The van der Waals surface area contributed by atoms with Crippen LogP contribution in [0, 0.1) is 6.92 Å². The van der Waals surface area contributed by atoms with E-state index >= 15 is 0 Å². The van der Waals surface area contributed by atoms with Crippen LogP contribution in [0.2, 0.25) is 0 Å². The molecule has 1 aromatic carbocycles. The van der Waals surface area contributed by atoms with Crippen molar-refractivity contribution in [3.63, 3.8) is 0 Å². The molecule has 0 bridgehead atoms. The molecule has 1 aromatic heterocycles. The Morgan fingerprint density at radius 2 is 2.41 bits per heavy atom. The van der Waals surface area contributed by atoms with Crippen molar-refractivity contribution < 1.29 is 0 Å². The molecule has 1 fully saturated rings. The minimum atomic E-state index is 0.586. The highest BCUT2D eigenvalue weighted by molar-refractivity contribution is 9.10. The van der Waals surface area contributed by atoms with Gasteiger partial charge < -0.3 is 9.88 Å². The van der Waals surface area contributed by atoms with Crippen LogP contribution in [0.15, 0.2) is 22.9 Å². The topological polar surface area (TPSA) is 29.9 Å². The minimum Gasteiger partial charge on any atom is -0.317 e. The molecular weight excluding hydrogens is 278 g/mol. The normalized spacial score (nSPS) is 20.2. The Balaban J connectivity index is 2.04. The van der Waals surface area contributed by atoms with E-state index in [-0.39, 0.29) is 0 Å². The smallest absolute Gasteiger partial charge is 0.178 e. The van der Waals surface area contributed by atoms with Gasteiger partial charge in [0, 0.05) is 12.6 Å². The number of fused-ring (bicyclic) bond motifs is 1. The number of hydrogen-bond acceptors (Lipinski definition) is 2. The average Bonchev–Trinajstić information content (AvgIpc) is 2.89. The lowest BCUT2D eigenvalue weighted by Gasteiger charge is -2.13. The van der Waals surface area contributed by atoms with Crippen LogP contribution in [0.25, 0.3) is 11.0 Å². The maximum absolute atomic E-state index is 4.57. The molecule has 1 aliphatic heterocycles. The summed E-state index contributed by atoms with van der Waals surface area (Å²) in [5.41, 5.74) is 3.63. The van der Waals surface area contributed by atoms with Crippen LogP contribution in [-0.2, 0) is 6.54 Å². The van der Waals surface area contributed by atoms with Gasteiger partial charge in [0.15, 0.2) is 4.73 Å². The Bertz CT molecular complexity index is 541. The van der Waals surface area contributed by atoms with E-state index in [0.29, 0.717) is 6.04 Å². The Morgan fingerprint density at radius 3 is 3.18 bits per heavy atom. The van der Waals surface area contributed by atoms with Crippen LogP contribution < -0.4 is 5.32 Å². The summed E-state index contributed by atoms with van der Waals surface area (Å²) in [6, 6.07) is 6.87. The van der Waals surface area contributed by atoms with E-state index in [2.05, 4.69) is 55.9 Å². The molecule has 1 saturated heterocycles. The Hall–Kier alpha value is -0.870. The second-order valence-corrected chi connectivity index (χ2v) is 5.44. The zero-order valence-corrected chi connectivity index (χ0v) is 11.5. The minimum absolute atomic E-state index is 0.586. The number of nitrogens with one attached hydrogen (secondary N) is 1. The predicted octanol–water partition coefficient (Wildman–Crippen LogP) is 2.86. The first-order chi connectivity index (χ1) is 8.25. The van der Waals surface area contributed by atoms with Crippen LogP contribution >= 0.6 is 15.9 Å². The van der Waals surface area contributed by atoms with Gasteiger partial charge in [0.05, 0.1) is 11.0 Å². The summed E-state index contributed by atoms with van der Waals surface area (Å²) < 4.78 is 3.23. The third kappa shape index (κ3) is 2.00. The van der Waals surface area contributed by atoms with Gasteiger partial charge in [0.25, 0.3) is 0 Å². The van der Waals surface area contributed by atoms with Crippen molar-refractivity contribution in [2.75, 3.05) is 6.54 Å². The van der Waals surface area contributed by atoms with Gasteiger partial charge in [-0.1, -0.05) is 12.1 Å². The Labute approximate surface area is 109 Å². The van der Waals surface area contributed by atoms with E-state index < -0.39 is 0 Å². The molecule has 2 aromatic rings. The largest absolute Gasteiger partial charge is 0.317 e. The SMILES string of the molecule is Cc1cccc2nc(Br)n(CC3CCCN3)c12. The summed E-state index contributed by atoms with van der Waals surface area (Å²) >= 11 is 3.58. The van der Waals surface area contributed by atoms with E-state index in [1.54, 1.807) is 0 Å². The van der Waals surface area contributed by atoms with E-state index in [9.17, 15) is 0 Å². The van der Waals surface area contributed by atoms with Crippen molar-refractivity contribution in [3.8, 4) is 0 Å². The molecule has 2 heterocycles. The molecule has 17 heavy (non-hydrogen) atoms. The van der Waals surface area contributed by atoms with Gasteiger partial charge in [-0.15, -0.1) is 0 Å². The summed E-state index contributed by atoms with van der Waals surface area (Å²) in [7, 11) is 0. The van der Waals surface area contributed by atoms with Gasteiger partial charge in [-0.25, -0.2) is 4.98 Å². The zero-order chi connectivity index (χ0) is 11.8. The Kier molecular flexibility index (Phi) is 2.92. The average molecular weight is 294 g/mol. The maximum Gasteiger partial charge on any atom is 0.178 e. The lowest BCUT2D eigenvalue weighted by Crippen LogP contribution is -2.26. The van der Waals surface area contributed by atoms with Crippen molar-refractivity contribution >= 4 is 27.0 Å². The molecule has 1 atom stereocenters. The number of aryl methyl sites for hydroxylation is 1. The molecule has 0 radical (unpaired) electrons. The Morgan fingerprint density at radius 1 is 1.53 bits per heavy atom. The van der Waals surface area contributed by atoms with Gasteiger partial charge in [-0.2, -0.15) is 0 Å². The van der Waals surface area contributed by atoms with Gasteiger partial charge in [-0.05, 0) is 53.9 Å². The van der Waals surface area contributed by atoms with Gasteiger partial charge in [-0.3, -0.25) is 0 Å². The number of para-hydroxylation sites is 1. The van der Waals surface area contributed by atoms with Crippen molar-refractivity contribution in [1.82, 2.24) is 14.9 Å². The standard InChI is InChI=1S/C13H16BrN3/c1-9-4-2-6-11-12(9)17(13(14)16-11)8-10-5-3-7-15-10/h2,4,6,10,15H,3,5,7-8H2,1H3. The molecule has 3 nitrogen and oxygen atoms in total. The van der Waals surface area contributed by atoms with E-state index in [4.69, 9.17) is 0 Å². The van der Waals surface area contributed by atoms with Gasteiger partial charge in [0.1, 0.15) is 0 Å². The quantitative estimate of drug-likeness (QED) is 0.923. The summed E-state index contributed by atoms with van der Waals surface area (Å²) in [6.07, 6.45) is 2.55. The molecule has 1 unspecified atom stereocenters. The number of halogens is 1. The molecule has 0 amide bonds. The monoisotopic (exact) mass is 293 g/mol. The molecule has 1 N–H and O–H groups in total. The molecule has 4 heteroatoms. The molecule has 0 aliphatic carbocycles. The molecule has 0 saturated carbocycles. The van der Waals surface area contributed by atoms with Crippen LogP contribution in [0.5, 0.6) is 0 Å². The van der Waals surface area contributed by atoms with Gasteiger partial charge >= 0.3 is 0 Å². The highest BCUT2D eigenvalue weighted by Gasteiger charge is 2.18. The maximum atomic E-state index is 4.57. The fourth-order valence-electron chi connectivity index (χ4n) is 2.64. The highest BCUT2D eigenvalue weighted by atomic mass is 79.9. The molecule has 0 spiro atoms. The van der Waals surface area contributed by atoms with Crippen molar-refractivity contribution in [3.05, 3.63) is 28.5 Å². The summed E-state index contributed by atoms with van der Waals surface area (Å²) in [5.74, 6) is 0. The first kappa shape index (κ1) is 11.2. The zero-order valence-electron chi connectivity index (χ0n) is 9.91. The second kappa shape index (κ2) is 4.42. The molecular formula is C13H16BrN3. The van der Waals surface area contributed by atoms with E-state index in [1.807, 2.05) is 0 Å². The first-order valence-electron chi connectivity index (χ1n) is 6.10. The van der Waals surface area contributed by atoms with Gasteiger partial charge in [0.2, 0.25) is 0 Å². The first-order valence-corrected chi connectivity index (χ1v) is 6.90. The van der Waals surface area contributed by atoms with Crippen LogP contribution in [0.1, 0.15) is 18.4 Å². The second-order valence-electron chi connectivity index (χ2n) is 4.73. The molecule has 90 valence electrons. The van der Waals surface area contributed by atoms with Crippen LogP contribution in [-0.4, -0.2) is 22.1 Å². The number of hydrogen-bond donors (Lipinski definition) is 1. The van der Waals surface area contributed by atoms with E-state index in [1.165, 1.54) is 23.9 Å². The van der Waals surface area contributed by atoms with Crippen molar-refractivity contribution in [1.29, 1.82) is 0 Å². The lowest BCUT2D eigenvalue weighted by molar-refractivity contribution is 0.511. The van der Waals surface area contributed by atoms with Crippen LogP contribution in [0.3, 0.4) is 0 Å². The lowest BCUT2D eigenvalue weighted by atomic mass is 10.2.